The van der Waals surface area contributed by atoms with Crippen molar-refractivity contribution in [1.29, 1.82) is 0 Å². The second-order valence-electron chi connectivity index (χ2n) is 9.22. The zero-order chi connectivity index (χ0) is 28.4. The normalized spacial score (nSPS) is 10.8. The maximum Gasteiger partial charge on any atom is 0.197 e. The summed E-state index contributed by atoms with van der Waals surface area (Å²) in [5, 5.41) is 29.6. The maximum absolute atomic E-state index is 12.7. The average molecular weight is 535 g/mol. The number of hydrogen-bond donors (Lipinski definition) is 3. The number of aryl methyl sites for hydroxylation is 2. The minimum Gasteiger partial charge on any atom is -0.508 e. The van der Waals surface area contributed by atoms with Crippen LogP contribution < -0.4 is 0 Å². The number of carbonyl (C=O) groups excluding carboxylic acids is 2. The molecule has 0 spiro atoms. The monoisotopic (exact) mass is 534 g/mol. The molecule has 0 radical (unpaired) electrons. The molecule has 40 heavy (non-hydrogen) atoms. The van der Waals surface area contributed by atoms with Crippen LogP contribution in [0, 0.1) is 6.92 Å². The first-order valence-electron chi connectivity index (χ1n) is 12.7. The van der Waals surface area contributed by atoms with Gasteiger partial charge in [0, 0.05) is 28.3 Å². The highest BCUT2D eigenvalue weighted by molar-refractivity contribution is 6.17. The molecule has 0 bridgehead atoms. The Morgan fingerprint density at radius 3 is 1.75 bits per heavy atom. The van der Waals surface area contributed by atoms with Crippen LogP contribution in [0.15, 0.2) is 99.8 Å². The van der Waals surface area contributed by atoms with E-state index in [0.29, 0.717) is 56.7 Å². The first-order valence-corrected chi connectivity index (χ1v) is 12.7. The van der Waals surface area contributed by atoms with Gasteiger partial charge in [0.2, 0.25) is 0 Å². The van der Waals surface area contributed by atoms with E-state index in [4.69, 9.17) is 8.83 Å². The third-order valence-corrected chi connectivity index (χ3v) is 6.55. The van der Waals surface area contributed by atoms with E-state index >= 15 is 0 Å². The van der Waals surface area contributed by atoms with Gasteiger partial charge in [-0.1, -0.05) is 25.1 Å². The molecule has 0 amide bonds. The summed E-state index contributed by atoms with van der Waals surface area (Å²) in [6.07, 6.45) is 0.578. The van der Waals surface area contributed by atoms with Crippen LogP contribution in [0.5, 0.6) is 17.2 Å². The molecule has 0 unspecified atom stereocenters. The Kier molecular flexibility index (Phi) is 7.12. The van der Waals surface area contributed by atoms with Gasteiger partial charge in [-0.25, -0.2) is 0 Å². The molecular formula is C33H26O7. The standard InChI is InChI=1S/C17H14O4.C16H12O3/c1-2-14-16(13-9-12(19)7-8-15(13)21-14)17(20)10-3-5-11(18)6-4-10;1-10-15(13-4-2-3-5-14(13)19-10)16(18)11-6-8-12(17)9-7-11/h3-9,18-19H,2H2,1H3;2-9,17H,1H3. The third kappa shape index (κ3) is 5.05. The first kappa shape index (κ1) is 26.3. The SMILES string of the molecule is CCc1oc2ccc(O)cc2c1C(=O)c1ccc(O)cc1.Cc1oc2ccccc2c1C(=O)c1ccc(O)cc1. The number of rotatable bonds is 5. The fourth-order valence-corrected chi connectivity index (χ4v) is 4.60. The highest BCUT2D eigenvalue weighted by Crippen LogP contribution is 2.32. The highest BCUT2D eigenvalue weighted by Gasteiger charge is 2.22. The summed E-state index contributed by atoms with van der Waals surface area (Å²) in [4.78, 5) is 25.2. The van der Waals surface area contributed by atoms with Crippen LogP contribution in [-0.4, -0.2) is 26.9 Å². The van der Waals surface area contributed by atoms with Gasteiger partial charge in [-0.15, -0.1) is 0 Å². The van der Waals surface area contributed by atoms with Gasteiger partial charge in [-0.05, 0) is 79.7 Å². The molecule has 7 heteroatoms. The predicted molar refractivity (Wildman–Crippen MR) is 151 cm³/mol. The predicted octanol–water partition coefficient (Wildman–Crippen LogP) is 7.32. The lowest BCUT2D eigenvalue weighted by Gasteiger charge is -2.02. The minimum atomic E-state index is -0.184. The van der Waals surface area contributed by atoms with Crippen molar-refractivity contribution in [3.8, 4) is 17.2 Å². The smallest absolute Gasteiger partial charge is 0.197 e. The van der Waals surface area contributed by atoms with E-state index in [-0.39, 0.29) is 28.8 Å². The van der Waals surface area contributed by atoms with Gasteiger partial charge in [-0.2, -0.15) is 0 Å². The Bertz CT molecular complexity index is 1840. The zero-order valence-electron chi connectivity index (χ0n) is 21.8. The lowest BCUT2D eigenvalue weighted by molar-refractivity contribution is 0.103. The molecule has 0 fully saturated rings. The van der Waals surface area contributed by atoms with Crippen molar-refractivity contribution in [2.45, 2.75) is 20.3 Å². The Morgan fingerprint density at radius 1 is 0.625 bits per heavy atom. The molecule has 6 aromatic rings. The molecule has 4 aromatic carbocycles. The van der Waals surface area contributed by atoms with Gasteiger partial charge in [0.05, 0.1) is 11.1 Å². The first-order chi connectivity index (χ1) is 19.3. The number of aromatic hydroxyl groups is 3. The van der Waals surface area contributed by atoms with Crippen LogP contribution in [0.1, 0.15) is 50.3 Å². The van der Waals surface area contributed by atoms with Crippen LogP contribution >= 0.6 is 0 Å². The second-order valence-corrected chi connectivity index (χ2v) is 9.22. The maximum atomic E-state index is 12.7. The van der Waals surface area contributed by atoms with Gasteiger partial charge in [0.15, 0.2) is 11.6 Å². The number of ketones is 2. The van der Waals surface area contributed by atoms with Crippen LogP contribution in [0.25, 0.3) is 21.9 Å². The van der Waals surface area contributed by atoms with Gasteiger partial charge in [-0.3, -0.25) is 9.59 Å². The van der Waals surface area contributed by atoms with Crippen molar-refractivity contribution in [2.75, 3.05) is 0 Å². The largest absolute Gasteiger partial charge is 0.508 e. The summed E-state index contributed by atoms with van der Waals surface area (Å²) < 4.78 is 11.3. The molecule has 0 aliphatic rings. The zero-order valence-corrected chi connectivity index (χ0v) is 21.8. The molecule has 0 aliphatic heterocycles. The Labute approximate surface area is 229 Å². The van der Waals surface area contributed by atoms with Crippen molar-refractivity contribution in [1.82, 2.24) is 0 Å². The molecule has 200 valence electrons. The average Bonchev–Trinajstić information content (AvgIpc) is 3.49. The Balaban J connectivity index is 0.000000162. The van der Waals surface area contributed by atoms with E-state index in [0.717, 1.165) is 5.39 Å². The van der Waals surface area contributed by atoms with Gasteiger partial charge < -0.3 is 24.2 Å². The number of phenols is 3. The van der Waals surface area contributed by atoms with Crippen molar-refractivity contribution < 1.29 is 33.7 Å². The number of carbonyl (C=O) groups is 2. The van der Waals surface area contributed by atoms with Crippen molar-refractivity contribution in [2.24, 2.45) is 0 Å². The lowest BCUT2D eigenvalue weighted by Crippen LogP contribution is -2.03. The summed E-state index contributed by atoms with van der Waals surface area (Å²) in [6.45, 7) is 3.69. The van der Waals surface area contributed by atoms with Crippen molar-refractivity contribution >= 4 is 33.5 Å². The van der Waals surface area contributed by atoms with E-state index in [1.54, 1.807) is 37.3 Å². The van der Waals surface area contributed by atoms with E-state index in [9.17, 15) is 24.9 Å². The van der Waals surface area contributed by atoms with Crippen LogP contribution in [-0.2, 0) is 6.42 Å². The number of furan rings is 2. The molecule has 0 saturated heterocycles. The number of para-hydroxylation sites is 1. The molecule has 0 aliphatic carbocycles. The Morgan fingerprint density at radius 2 is 1.15 bits per heavy atom. The number of hydrogen-bond acceptors (Lipinski definition) is 7. The second kappa shape index (κ2) is 10.8. The number of phenolic OH excluding ortho intramolecular Hbond substituents is 3. The summed E-state index contributed by atoms with van der Waals surface area (Å²) >= 11 is 0. The number of benzene rings is 4. The highest BCUT2D eigenvalue weighted by atomic mass is 16.3. The van der Waals surface area contributed by atoms with Crippen molar-refractivity contribution in [3.05, 3.63) is 125 Å². The summed E-state index contributed by atoms with van der Waals surface area (Å²) in [6, 6.07) is 24.5. The summed E-state index contributed by atoms with van der Waals surface area (Å²) in [7, 11) is 0. The van der Waals surface area contributed by atoms with Gasteiger partial charge >= 0.3 is 0 Å². The van der Waals surface area contributed by atoms with Crippen LogP contribution in [0.2, 0.25) is 0 Å². The third-order valence-electron chi connectivity index (χ3n) is 6.55. The molecule has 0 atom stereocenters. The van der Waals surface area contributed by atoms with Gasteiger partial charge in [0.25, 0.3) is 0 Å². The molecule has 2 heterocycles. The van der Waals surface area contributed by atoms with Gasteiger partial charge in [0.1, 0.15) is 39.9 Å². The number of fused-ring (bicyclic) bond motifs is 2. The fourth-order valence-electron chi connectivity index (χ4n) is 4.60. The Hall–Kier alpha value is -5.30. The van der Waals surface area contributed by atoms with Crippen molar-refractivity contribution in [3.63, 3.8) is 0 Å². The van der Waals surface area contributed by atoms with Crippen LogP contribution in [0.3, 0.4) is 0 Å². The summed E-state index contributed by atoms with van der Waals surface area (Å²) in [5.74, 6) is 1.26. The fraction of sp³-hybridized carbons (Fsp3) is 0.0909. The molecule has 6 rings (SSSR count). The summed E-state index contributed by atoms with van der Waals surface area (Å²) in [5.41, 5.74) is 3.34. The quantitative estimate of drug-likeness (QED) is 0.198. The molecule has 0 saturated carbocycles. The molecular weight excluding hydrogens is 508 g/mol. The van der Waals surface area contributed by atoms with Crippen LogP contribution in [0.4, 0.5) is 0 Å². The minimum absolute atomic E-state index is 0.0886. The lowest BCUT2D eigenvalue weighted by atomic mass is 9.99. The molecule has 3 N–H and O–H groups in total. The van der Waals surface area contributed by atoms with E-state index in [1.165, 1.54) is 36.4 Å². The van der Waals surface area contributed by atoms with E-state index in [1.807, 2.05) is 31.2 Å². The van der Waals surface area contributed by atoms with E-state index < -0.39 is 0 Å². The van der Waals surface area contributed by atoms with E-state index in [2.05, 4.69) is 0 Å². The topological polar surface area (TPSA) is 121 Å². The molecule has 2 aromatic heterocycles. The molecule has 7 nitrogen and oxygen atoms in total.